The molecule has 0 radical (unpaired) electrons. The van der Waals surface area contributed by atoms with Gasteiger partial charge in [0.1, 0.15) is 5.75 Å². The zero-order valence-corrected chi connectivity index (χ0v) is 13.3. The van der Waals surface area contributed by atoms with E-state index in [1.165, 1.54) is 6.07 Å². The fourth-order valence-corrected chi connectivity index (χ4v) is 2.32. The lowest BCUT2D eigenvalue weighted by Crippen LogP contribution is -2.34. The molecule has 1 amide bonds. The lowest BCUT2D eigenvalue weighted by atomic mass is 10.1. The quantitative estimate of drug-likeness (QED) is 0.577. The number of halogens is 2. The molecular formula is C12H15BrINO2. The molecule has 0 aliphatic rings. The summed E-state index contributed by atoms with van der Waals surface area (Å²) >= 11 is 5.39. The normalized spacial score (nSPS) is 12.2. The first-order valence-electron chi connectivity index (χ1n) is 5.43. The molecule has 0 heterocycles. The molecule has 0 aliphatic heterocycles. The van der Waals surface area contributed by atoms with Crippen LogP contribution in [0.1, 0.15) is 30.1 Å². The van der Waals surface area contributed by atoms with Crippen molar-refractivity contribution in [1.29, 1.82) is 0 Å². The molecular weight excluding hydrogens is 397 g/mol. The highest BCUT2D eigenvalue weighted by molar-refractivity contribution is 14.1. The van der Waals surface area contributed by atoms with Crippen molar-refractivity contribution in [3.63, 3.8) is 0 Å². The van der Waals surface area contributed by atoms with Crippen LogP contribution in [0.3, 0.4) is 0 Å². The van der Waals surface area contributed by atoms with Gasteiger partial charge in [-0.05, 0) is 53.6 Å². The van der Waals surface area contributed by atoms with Gasteiger partial charge in [0.25, 0.3) is 5.91 Å². The van der Waals surface area contributed by atoms with Gasteiger partial charge in [0.05, 0.1) is 3.57 Å². The third kappa shape index (κ3) is 4.46. The van der Waals surface area contributed by atoms with E-state index in [-0.39, 0.29) is 17.7 Å². The number of nitrogens with one attached hydrogen (secondary N) is 1. The largest absolute Gasteiger partial charge is 0.507 e. The number of carbonyl (C=O) groups excluding carboxylic acids is 1. The molecule has 0 fully saturated rings. The molecule has 1 aromatic carbocycles. The number of alkyl halides is 1. The molecule has 2 N–H and O–H groups in total. The van der Waals surface area contributed by atoms with Gasteiger partial charge in [0, 0.05) is 16.9 Å². The number of carbonyl (C=O) groups is 1. The van der Waals surface area contributed by atoms with Gasteiger partial charge in [-0.3, -0.25) is 4.79 Å². The third-order valence-electron chi connectivity index (χ3n) is 2.49. The van der Waals surface area contributed by atoms with Gasteiger partial charge >= 0.3 is 0 Å². The van der Waals surface area contributed by atoms with E-state index in [9.17, 15) is 9.90 Å². The van der Waals surface area contributed by atoms with Crippen molar-refractivity contribution >= 4 is 44.4 Å². The minimum atomic E-state index is -0.135. The highest BCUT2D eigenvalue weighted by Crippen LogP contribution is 2.20. The van der Waals surface area contributed by atoms with E-state index in [0.717, 1.165) is 21.7 Å². The van der Waals surface area contributed by atoms with Crippen LogP contribution < -0.4 is 5.32 Å². The molecule has 1 rings (SSSR count). The predicted octanol–water partition coefficient (Wildman–Crippen LogP) is 3.29. The van der Waals surface area contributed by atoms with Crippen LogP contribution in [0.15, 0.2) is 18.2 Å². The van der Waals surface area contributed by atoms with Crippen LogP contribution in [0.2, 0.25) is 0 Å². The van der Waals surface area contributed by atoms with E-state index in [1.54, 1.807) is 12.1 Å². The van der Waals surface area contributed by atoms with Gasteiger partial charge in [-0.15, -0.1) is 0 Å². The van der Waals surface area contributed by atoms with Crippen LogP contribution >= 0.6 is 38.5 Å². The van der Waals surface area contributed by atoms with E-state index in [2.05, 4.69) is 21.2 Å². The summed E-state index contributed by atoms with van der Waals surface area (Å²) in [5.74, 6) is 0.0105. The van der Waals surface area contributed by atoms with Crippen molar-refractivity contribution in [2.45, 2.75) is 25.8 Å². The van der Waals surface area contributed by atoms with Crippen molar-refractivity contribution in [1.82, 2.24) is 5.32 Å². The Balaban J connectivity index is 2.72. The van der Waals surface area contributed by atoms with E-state index in [0.29, 0.717) is 5.56 Å². The van der Waals surface area contributed by atoms with Crippen LogP contribution in [-0.2, 0) is 0 Å². The van der Waals surface area contributed by atoms with Crippen molar-refractivity contribution < 1.29 is 9.90 Å². The Bertz CT molecular complexity index is 398. The average molecular weight is 412 g/mol. The molecule has 0 aliphatic carbocycles. The van der Waals surface area contributed by atoms with E-state index >= 15 is 0 Å². The summed E-state index contributed by atoms with van der Waals surface area (Å²) in [6.07, 6.45) is 1.80. The fourth-order valence-electron chi connectivity index (χ4n) is 1.43. The molecule has 0 spiro atoms. The van der Waals surface area contributed by atoms with E-state index < -0.39 is 0 Å². The SMILES string of the molecule is CCC(CCBr)NC(=O)c1ccc(I)c(O)c1. The summed E-state index contributed by atoms with van der Waals surface area (Å²) in [5, 5.41) is 13.4. The minimum absolute atomic E-state index is 0.135. The van der Waals surface area contributed by atoms with Crippen LogP contribution in [0.5, 0.6) is 5.75 Å². The molecule has 1 aromatic rings. The van der Waals surface area contributed by atoms with E-state index in [1.807, 2.05) is 29.5 Å². The Labute approximate surface area is 123 Å². The first-order valence-corrected chi connectivity index (χ1v) is 7.63. The second kappa shape index (κ2) is 7.20. The van der Waals surface area contributed by atoms with E-state index in [4.69, 9.17) is 0 Å². The van der Waals surface area contributed by atoms with Crippen molar-refractivity contribution in [3.8, 4) is 5.75 Å². The highest BCUT2D eigenvalue weighted by Gasteiger charge is 2.12. The first kappa shape index (κ1) is 14.8. The average Bonchev–Trinajstić information content (AvgIpc) is 2.31. The second-order valence-electron chi connectivity index (χ2n) is 3.72. The summed E-state index contributed by atoms with van der Waals surface area (Å²) in [6, 6.07) is 5.12. The Morgan fingerprint density at radius 1 is 1.59 bits per heavy atom. The monoisotopic (exact) mass is 411 g/mol. The number of phenolic OH excluding ortho intramolecular Hbond substituents is 1. The highest BCUT2D eigenvalue weighted by atomic mass is 127. The molecule has 0 saturated carbocycles. The van der Waals surface area contributed by atoms with Gasteiger partial charge in [0.2, 0.25) is 0 Å². The molecule has 0 saturated heterocycles. The fraction of sp³-hybridized carbons (Fsp3) is 0.417. The molecule has 1 unspecified atom stereocenters. The zero-order valence-electron chi connectivity index (χ0n) is 9.54. The molecule has 94 valence electrons. The van der Waals surface area contributed by atoms with Crippen molar-refractivity contribution in [3.05, 3.63) is 27.3 Å². The maximum Gasteiger partial charge on any atom is 0.251 e. The van der Waals surface area contributed by atoms with Gasteiger partial charge in [-0.25, -0.2) is 0 Å². The number of hydrogen-bond donors (Lipinski definition) is 2. The zero-order chi connectivity index (χ0) is 12.8. The number of benzene rings is 1. The van der Waals surface area contributed by atoms with Crippen LogP contribution in [0.25, 0.3) is 0 Å². The number of aromatic hydroxyl groups is 1. The molecule has 17 heavy (non-hydrogen) atoms. The summed E-state index contributed by atoms with van der Waals surface area (Å²) < 4.78 is 0.742. The molecule has 0 aromatic heterocycles. The number of amides is 1. The number of phenols is 1. The second-order valence-corrected chi connectivity index (χ2v) is 5.68. The Morgan fingerprint density at radius 2 is 2.29 bits per heavy atom. The summed E-state index contributed by atoms with van der Waals surface area (Å²) in [7, 11) is 0. The van der Waals surface area contributed by atoms with Gasteiger partial charge < -0.3 is 10.4 Å². The third-order valence-corrected chi connectivity index (χ3v) is 3.86. The van der Waals surface area contributed by atoms with Crippen molar-refractivity contribution in [2.75, 3.05) is 5.33 Å². The summed E-state index contributed by atoms with van der Waals surface area (Å²) in [4.78, 5) is 11.9. The minimum Gasteiger partial charge on any atom is -0.507 e. The smallest absolute Gasteiger partial charge is 0.251 e. The molecule has 0 bridgehead atoms. The Hall–Kier alpha value is -0.300. The van der Waals surface area contributed by atoms with Gasteiger partial charge in [-0.2, -0.15) is 0 Å². The maximum atomic E-state index is 11.9. The standard InChI is InChI=1S/C12H15BrINO2/c1-2-9(5-6-13)15-12(17)8-3-4-10(14)11(16)7-8/h3-4,7,9,16H,2,5-6H2,1H3,(H,15,17). The molecule has 5 heteroatoms. The molecule has 1 atom stereocenters. The Kier molecular flexibility index (Phi) is 6.26. The Morgan fingerprint density at radius 3 is 2.82 bits per heavy atom. The maximum absolute atomic E-state index is 11.9. The van der Waals surface area contributed by atoms with Crippen LogP contribution in [-0.4, -0.2) is 22.4 Å². The molecule has 3 nitrogen and oxygen atoms in total. The predicted molar refractivity (Wildman–Crippen MR) is 80.8 cm³/mol. The first-order chi connectivity index (χ1) is 8.08. The van der Waals surface area contributed by atoms with Gasteiger partial charge in [-0.1, -0.05) is 22.9 Å². The van der Waals surface area contributed by atoms with Gasteiger partial charge in [0.15, 0.2) is 0 Å². The number of hydrogen-bond acceptors (Lipinski definition) is 2. The lowest BCUT2D eigenvalue weighted by molar-refractivity contribution is 0.0935. The summed E-state index contributed by atoms with van der Waals surface area (Å²) in [6.45, 7) is 2.04. The topological polar surface area (TPSA) is 49.3 Å². The van der Waals surface area contributed by atoms with Crippen molar-refractivity contribution in [2.24, 2.45) is 0 Å². The lowest BCUT2D eigenvalue weighted by Gasteiger charge is -2.15. The number of rotatable bonds is 5. The summed E-state index contributed by atoms with van der Waals surface area (Å²) in [5.41, 5.74) is 0.496. The van der Waals surface area contributed by atoms with Crippen LogP contribution in [0.4, 0.5) is 0 Å². The van der Waals surface area contributed by atoms with Crippen LogP contribution in [0, 0.1) is 3.57 Å².